The van der Waals surface area contributed by atoms with Crippen molar-refractivity contribution in [2.24, 2.45) is 0 Å². The molecule has 4 heteroatoms. The summed E-state index contributed by atoms with van der Waals surface area (Å²) in [6.07, 6.45) is 2.74. The Bertz CT molecular complexity index is 459. The maximum absolute atomic E-state index is 12.3. The Morgan fingerprint density at radius 1 is 1.42 bits per heavy atom. The van der Waals surface area contributed by atoms with Gasteiger partial charge in [-0.05, 0) is 43.9 Å². The molecule has 1 amide bonds. The number of likely N-dealkylation sites (tertiary alicyclic amines) is 1. The number of carbonyl (C=O) groups is 1. The fourth-order valence-corrected chi connectivity index (χ4v) is 2.89. The SMILES string of the molecule is CC1(O)CCCN(C(=O)Cc2cccc(Br)c2)CC1. The van der Waals surface area contributed by atoms with Crippen molar-refractivity contribution in [1.29, 1.82) is 0 Å². The fourth-order valence-electron chi connectivity index (χ4n) is 2.45. The summed E-state index contributed by atoms with van der Waals surface area (Å²) in [5.41, 5.74) is 0.403. The third-order valence-corrected chi connectivity index (χ3v) is 4.15. The van der Waals surface area contributed by atoms with Crippen molar-refractivity contribution in [1.82, 2.24) is 4.90 Å². The first-order valence-corrected chi connectivity index (χ1v) is 7.50. The minimum atomic E-state index is -0.620. The molecule has 0 aromatic heterocycles. The second-order valence-corrected chi connectivity index (χ2v) is 6.45. The van der Waals surface area contributed by atoms with Crippen LogP contribution in [0.3, 0.4) is 0 Å². The summed E-state index contributed by atoms with van der Waals surface area (Å²) in [6, 6.07) is 7.85. The first-order valence-electron chi connectivity index (χ1n) is 6.71. The van der Waals surface area contributed by atoms with Crippen molar-refractivity contribution < 1.29 is 9.90 Å². The molecule has 0 aliphatic carbocycles. The van der Waals surface area contributed by atoms with Crippen LogP contribution in [0.25, 0.3) is 0 Å². The van der Waals surface area contributed by atoms with Crippen LogP contribution >= 0.6 is 15.9 Å². The van der Waals surface area contributed by atoms with Crippen LogP contribution in [0.2, 0.25) is 0 Å². The van der Waals surface area contributed by atoms with Gasteiger partial charge in [-0.1, -0.05) is 28.1 Å². The molecule has 1 N–H and O–H groups in total. The Morgan fingerprint density at radius 2 is 2.21 bits per heavy atom. The van der Waals surface area contributed by atoms with Crippen molar-refractivity contribution in [3.05, 3.63) is 34.3 Å². The number of aliphatic hydroxyl groups is 1. The molecule has 0 bridgehead atoms. The average molecular weight is 326 g/mol. The molecule has 2 rings (SSSR count). The van der Waals surface area contributed by atoms with Gasteiger partial charge in [0.05, 0.1) is 12.0 Å². The van der Waals surface area contributed by atoms with Crippen LogP contribution < -0.4 is 0 Å². The standard InChI is InChI=1S/C15H20BrNO2/c1-15(19)6-3-8-17(9-7-15)14(18)11-12-4-2-5-13(16)10-12/h2,4-5,10,19H,3,6-9,11H2,1H3. The molecular formula is C15H20BrNO2. The Labute approximate surface area is 122 Å². The normalized spacial score (nSPS) is 24.1. The highest BCUT2D eigenvalue weighted by Crippen LogP contribution is 2.22. The quantitative estimate of drug-likeness (QED) is 0.908. The zero-order valence-corrected chi connectivity index (χ0v) is 12.8. The summed E-state index contributed by atoms with van der Waals surface area (Å²) < 4.78 is 0.997. The van der Waals surface area contributed by atoms with E-state index >= 15 is 0 Å². The second-order valence-electron chi connectivity index (χ2n) is 5.54. The van der Waals surface area contributed by atoms with Gasteiger partial charge in [0.1, 0.15) is 0 Å². The summed E-state index contributed by atoms with van der Waals surface area (Å²) >= 11 is 3.42. The lowest BCUT2D eigenvalue weighted by Gasteiger charge is -2.22. The molecule has 104 valence electrons. The lowest BCUT2D eigenvalue weighted by Crippen LogP contribution is -2.34. The van der Waals surface area contributed by atoms with Crippen molar-refractivity contribution in [3.63, 3.8) is 0 Å². The number of benzene rings is 1. The number of carbonyl (C=O) groups excluding carboxylic acids is 1. The number of nitrogens with zero attached hydrogens (tertiary/aromatic N) is 1. The first-order chi connectivity index (χ1) is 8.96. The molecule has 1 saturated heterocycles. The largest absolute Gasteiger partial charge is 0.390 e. The van der Waals surface area contributed by atoms with Crippen LogP contribution in [0.1, 0.15) is 31.7 Å². The Hall–Kier alpha value is -0.870. The Balaban J connectivity index is 1.96. The summed E-state index contributed by atoms with van der Waals surface area (Å²) in [7, 11) is 0. The minimum absolute atomic E-state index is 0.149. The third-order valence-electron chi connectivity index (χ3n) is 3.66. The van der Waals surface area contributed by atoms with E-state index in [2.05, 4.69) is 15.9 Å². The zero-order valence-electron chi connectivity index (χ0n) is 11.2. The van der Waals surface area contributed by atoms with E-state index < -0.39 is 5.60 Å². The van der Waals surface area contributed by atoms with E-state index in [1.807, 2.05) is 36.1 Å². The van der Waals surface area contributed by atoms with Crippen LogP contribution in [-0.4, -0.2) is 34.6 Å². The van der Waals surface area contributed by atoms with Crippen molar-refractivity contribution >= 4 is 21.8 Å². The molecular weight excluding hydrogens is 306 g/mol. The summed E-state index contributed by atoms with van der Waals surface area (Å²) in [4.78, 5) is 14.1. The lowest BCUT2D eigenvalue weighted by atomic mass is 9.98. The van der Waals surface area contributed by atoms with E-state index in [-0.39, 0.29) is 5.91 Å². The van der Waals surface area contributed by atoms with Crippen molar-refractivity contribution in [3.8, 4) is 0 Å². The third kappa shape index (κ3) is 4.32. The molecule has 0 radical (unpaired) electrons. The Kier molecular flexibility index (Phi) is 4.63. The van der Waals surface area contributed by atoms with Gasteiger partial charge in [0.25, 0.3) is 0 Å². The maximum Gasteiger partial charge on any atom is 0.226 e. The van der Waals surface area contributed by atoms with Gasteiger partial charge in [0.15, 0.2) is 0 Å². The maximum atomic E-state index is 12.3. The van der Waals surface area contributed by atoms with E-state index in [4.69, 9.17) is 0 Å². The van der Waals surface area contributed by atoms with Gasteiger partial charge >= 0.3 is 0 Å². The van der Waals surface area contributed by atoms with E-state index in [9.17, 15) is 9.90 Å². The molecule has 1 heterocycles. The molecule has 3 nitrogen and oxygen atoms in total. The lowest BCUT2D eigenvalue weighted by molar-refractivity contribution is -0.130. The Morgan fingerprint density at radius 3 is 2.95 bits per heavy atom. The van der Waals surface area contributed by atoms with E-state index in [1.54, 1.807) is 0 Å². The van der Waals surface area contributed by atoms with Gasteiger partial charge in [-0.2, -0.15) is 0 Å². The molecule has 1 aliphatic heterocycles. The molecule has 0 spiro atoms. The van der Waals surface area contributed by atoms with Gasteiger partial charge < -0.3 is 10.0 Å². The van der Waals surface area contributed by atoms with Gasteiger partial charge in [-0.3, -0.25) is 4.79 Å². The van der Waals surface area contributed by atoms with Crippen LogP contribution in [0.4, 0.5) is 0 Å². The molecule has 19 heavy (non-hydrogen) atoms. The summed E-state index contributed by atoms with van der Waals surface area (Å²) in [5.74, 6) is 0.149. The summed E-state index contributed by atoms with van der Waals surface area (Å²) in [5, 5.41) is 10.0. The highest BCUT2D eigenvalue weighted by Gasteiger charge is 2.26. The molecule has 1 aliphatic rings. The smallest absolute Gasteiger partial charge is 0.226 e. The highest BCUT2D eigenvalue weighted by molar-refractivity contribution is 9.10. The monoisotopic (exact) mass is 325 g/mol. The van der Waals surface area contributed by atoms with Crippen molar-refractivity contribution in [2.75, 3.05) is 13.1 Å². The number of amides is 1. The van der Waals surface area contributed by atoms with Gasteiger partial charge in [0.2, 0.25) is 5.91 Å². The number of rotatable bonds is 2. The topological polar surface area (TPSA) is 40.5 Å². The van der Waals surface area contributed by atoms with Crippen LogP contribution in [0.5, 0.6) is 0 Å². The number of hydrogen-bond donors (Lipinski definition) is 1. The predicted molar refractivity (Wildman–Crippen MR) is 78.9 cm³/mol. The van der Waals surface area contributed by atoms with Gasteiger partial charge in [-0.15, -0.1) is 0 Å². The van der Waals surface area contributed by atoms with E-state index in [0.717, 1.165) is 29.4 Å². The first kappa shape index (κ1) is 14.5. The highest BCUT2D eigenvalue weighted by atomic mass is 79.9. The molecule has 1 aromatic carbocycles. The predicted octanol–water partition coefficient (Wildman–Crippen LogP) is 2.76. The van der Waals surface area contributed by atoms with E-state index in [0.29, 0.717) is 19.4 Å². The fraction of sp³-hybridized carbons (Fsp3) is 0.533. The molecule has 0 saturated carbocycles. The molecule has 1 fully saturated rings. The molecule has 1 unspecified atom stereocenters. The van der Waals surface area contributed by atoms with Crippen LogP contribution in [0, 0.1) is 0 Å². The van der Waals surface area contributed by atoms with Crippen LogP contribution in [-0.2, 0) is 11.2 Å². The van der Waals surface area contributed by atoms with Crippen molar-refractivity contribution in [2.45, 2.75) is 38.2 Å². The second kappa shape index (κ2) is 6.06. The number of hydrogen-bond acceptors (Lipinski definition) is 2. The average Bonchev–Trinajstić information content (AvgIpc) is 2.50. The molecule has 1 atom stereocenters. The van der Waals surface area contributed by atoms with Gasteiger partial charge in [0, 0.05) is 17.6 Å². The zero-order chi connectivity index (χ0) is 13.9. The van der Waals surface area contributed by atoms with Crippen LogP contribution in [0.15, 0.2) is 28.7 Å². The summed E-state index contributed by atoms with van der Waals surface area (Å²) in [6.45, 7) is 3.26. The number of halogens is 1. The minimum Gasteiger partial charge on any atom is -0.390 e. The van der Waals surface area contributed by atoms with E-state index in [1.165, 1.54) is 0 Å². The molecule has 1 aromatic rings. The van der Waals surface area contributed by atoms with Gasteiger partial charge in [-0.25, -0.2) is 0 Å².